The molecule has 2 atom stereocenters. The highest BCUT2D eigenvalue weighted by Gasteiger charge is 2.33. The molecule has 2 heterocycles. The molecule has 6 nitrogen and oxygen atoms in total. The van der Waals surface area contributed by atoms with E-state index in [4.69, 9.17) is 5.11 Å². The van der Waals surface area contributed by atoms with Crippen LogP contribution >= 0.6 is 0 Å². The third kappa shape index (κ3) is 5.08. The van der Waals surface area contributed by atoms with E-state index >= 15 is 0 Å². The van der Waals surface area contributed by atoms with Gasteiger partial charge in [-0.2, -0.15) is 0 Å². The van der Waals surface area contributed by atoms with Gasteiger partial charge in [-0.05, 0) is 44.0 Å². The average Bonchev–Trinajstić information content (AvgIpc) is 3.07. The van der Waals surface area contributed by atoms with Crippen molar-refractivity contribution < 1.29 is 14.7 Å². The molecular formula is C21H31N3O3. The lowest BCUT2D eigenvalue weighted by molar-refractivity contribution is -0.137. The Morgan fingerprint density at radius 3 is 2.41 bits per heavy atom. The summed E-state index contributed by atoms with van der Waals surface area (Å²) in [5, 5.41) is 9.02. The minimum Gasteiger partial charge on any atom is -0.481 e. The normalized spacial score (nSPS) is 22.9. The van der Waals surface area contributed by atoms with Crippen molar-refractivity contribution in [2.45, 2.75) is 44.8 Å². The summed E-state index contributed by atoms with van der Waals surface area (Å²) in [5.41, 5.74) is 2.73. The van der Waals surface area contributed by atoms with Crippen LogP contribution in [0.25, 0.3) is 0 Å². The van der Waals surface area contributed by atoms with Crippen molar-refractivity contribution in [3.63, 3.8) is 0 Å². The molecule has 1 N–H and O–H groups in total. The maximum absolute atomic E-state index is 12.8. The highest BCUT2D eigenvalue weighted by atomic mass is 16.4. The predicted molar refractivity (Wildman–Crippen MR) is 104 cm³/mol. The minimum absolute atomic E-state index is 0.170. The van der Waals surface area contributed by atoms with E-state index in [0.29, 0.717) is 25.4 Å². The van der Waals surface area contributed by atoms with Crippen LogP contribution in [0.4, 0.5) is 0 Å². The number of hydrogen-bond acceptors (Lipinski definition) is 4. The Hall–Kier alpha value is -1.92. The van der Waals surface area contributed by atoms with Gasteiger partial charge in [0.05, 0.1) is 0 Å². The topological polar surface area (TPSA) is 64.1 Å². The number of benzene rings is 1. The van der Waals surface area contributed by atoms with Gasteiger partial charge < -0.3 is 14.9 Å². The summed E-state index contributed by atoms with van der Waals surface area (Å²) >= 11 is 0. The Kier molecular flexibility index (Phi) is 6.50. The van der Waals surface area contributed by atoms with Crippen molar-refractivity contribution in [2.24, 2.45) is 5.92 Å². The van der Waals surface area contributed by atoms with Gasteiger partial charge in [0.25, 0.3) is 0 Å². The van der Waals surface area contributed by atoms with Gasteiger partial charge in [0, 0.05) is 51.6 Å². The molecule has 1 fully saturated rings. The van der Waals surface area contributed by atoms with E-state index in [1.165, 1.54) is 11.1 Å². The van der Waals surface area contributed by atoms with Gasteiger partial charge >= 0.3 is 5.97 Å². The van der Waals surface area contributed by atoms with Gasteiger partial charge in [-0.25, -0.2) is 0 Å². The molecule has 3 rings (SSSR count). The van der Waals surface area contributed by atoms with E-state index in [1.807, 2.05) is 19.0 Å². The molecule has 2 aliphatic heterocycles. The van der Waals surface area contributed by atoms with Crippen LogP contribution in [0, 0.1) is 5.92 Å². The zero-order valence-corrected chi connectivity index (χ0v) is 16.4. The molecule has 0 bridgehead atoms. The number of likely N-dealkylation sites (tertiary alicyclic amines) is 1. The molecular weight excluding hydrogens is 342 g/mol. The van der Waals surface area contributed by atoms with E-state index in [9.17, 15) is 9.59 Å². The number of carboxylic acid groups (broad SMARTS) is 1. The number of carboxylic acids is 1. The van der Waals surface area contributed by atoms with Crippen LogP contribution in [0.15, 0.2) is 24.3 Å². The van der Waals surface area contributed by atoms with E-state index in [1.54, 1.807) is 0 Å². The largest absolute Gasteiger partial charge is 0.481 e. The Morgan fingerprint density at radius 1 is 1.15 bits per heavy atom. The molecule has 2 aliphatic rings. The molecule has 1 amide bonds. The Bertz CT molecular complexity index is 651. The highest BCUT2D eigenvalue weighted by Crippen LogP contribution is 2.26. The predicted octanol–water partition coefficient (Wildman–Crippen LogP) is 2.04. The molecule has 27 heavy (non-hydrogen) atoms. The van der Waals surface area contributed by atoms with E-state index in [2.05, 4.69) is 34.1 Å². The Balaban J connectivity index is 1.50. The molecule has 0 saturated carbocycles. The van der Waals surface area contributed by atoms with E-state index < -0.39 is 5.97 Å². The fraction of sp³-hybridized carbons (Fsp3) is 0.619. The summed E-state index contributed by atoms with van der Waals surface area (Å²) in [6.45, 7) is 4.07. The first kappa shape index (κ1) is 19.8. The number of rotatable bonds is 7. The number of amides is 1. The monoisotopic (exact) mass is 373 g/mol. The lowest BCUT2D eigenvalue weighted by atomic mass is 9.87. The lowest BCUT2D eigenvalue weighted by Crippen LogP contribution is -2.51. The number of aliphatic carboxylic acids is 1. The maximum Gasteiger partial charge on any atom is 0.303 e. The lowest BCUT2D eigenvalue weighted by Gasteiger charge is -2.41. The molecule has 148 valence electrons. The zero-order valence-electron chi connectivity index (χ0n) is 16.4. The molecule has 0 aliphatic carbocycles. The second-order valence-electron chi connectivity index (χ2n) is 8.08. The standard InChI is InChI=1S/C21H31N3O3/c1-22(2)19-9-12-24(15-18(19)7-8-21(26)27)20(25)10-11-23-13-16-5-3-4-6-17(16)14-23/h3-6,18-19H,7-15H2,1-2H3,(H,26,27). The van der Waals surface area contributed by atoms with Crippen molar-refractivity contribution in [3.05, 3.63) is 35.4 Å². The van der Waals surface area contributed by atoms with Crippen LogP contribution in [-0.4, -0.2) is 71.5 Å². The summed E-state index contributed by atoms with van der Waals surface area (Å²) in [5.74, 6) is -0.335. The average molecular weight is 373 g/mol. The van der Waals surface area contributed by atoms with E-state index in [-0.39, 0.29) is 18.2 Å². The van der Waals surface area contributed by atoms with Crippen LogP contribution in [-0.2, 0) is 22.7 Å². The fourth-order valence-electron chi connectivity index (χ4n) is 4.49. The van der Waals surface area contributed by atoms with Gasteiger partial charge in [0.1, 0.15) is 0 Å². The van der Waals surface area contributed by atoms with Crippen molar-refractivity contribution in [1.29, 1.82) is 0 Å². The number of fused-ring (bicyclic) bond motifs is 1. The van der Waals surface area contributed by atoms with Crippen molar-refractivity contribution in [1.82, 2.24) is 14.7 Å². The molecule has 0 aromatic heterocycles. The summed E-state index contributed by atoms with van der Waals surface area (Å²) in [4.78, 5) is 30.2. The molecule has 1 saturated heterocycles. The Labute approximate surface area is 161 Å². The molecule has 1 aromatic rings. The first-order valence-electron chi connectivity index (χ1n) is 9.89. The third-order valence-electron chi connectivity index (χ3n) is 5.99. The van der Waals surface area contributed by atoms with Gasteiger partial charge in [0.2, 0.25) is 5.91 Å². The van der Waals surface area contributed by atoms with Crippen molar-refractivity contribution in [2.75, 3.05) is 33.7 Å². The molecule has 0 radical (unpaired) electrons. The molecule has 6 heteroatoms. The minimum atomic E-state index is -0.760. The van der Waals surface area contributed by atoms with Gasteiger partial charge in [0.15, 0.2) is 0 Å². The van der Waals surface area contributed by atoms with Gasteiger partial charge in [-0.1, -0.05) is 24.3 Å². The number of nitrogens with zero attached hydrogens (tertiary/aromatic N) is 3. The first-order valence-corrected chi connectivity index (χ1v) is 9.89. The second-order valence-corrected chi connectivity index (χ2v) is 8.08. The fourth-order valence-corrected chi connectivity index (χ4v) is 4.49. The second kappa shape index (κ2) is 8.85. The Morgan fingerprint density at radius 2 is 1.81 bits per heavy atom. The number of carbonyl (C=O) groups excluding carboxylic acids is 1. The smallest absolute Gasteiger partial charge is 0.303 e. The molecule has 2 unspecified atom stereocenters. The third-order valence-corrected chi connectivity index (χ3v) is 5.99. The number of hydrogen-bond donors (Lipinski definition) is 1. The summed E-state index contributed by atoms with van der Waals surface area (Å²) in [6, 6.07) is 8.81. The van der Waals surface area contributed by atoms with Crippen LogP contribution in [0.3, 0.4) is 0 Å². The molecule has 0 spiro atoms. The summed E-state index contributed by atoms with van der Waals surface area (Å²) < 4.78 is 0. The zero-order chi connectivity index (χ0) is 19.4. The van der Waals surface area contributed by atoms with Gasteiger partial charge in [-0.3, -0.25) is 14.5 Å². The quantitative estimate of drug-likeness (QED) is 0.792. The van der Waals surface area contributed by atoms with Crippen molar-refractivity contribution in [3.8, 4) is 0 Å². The maximum atomic E-state index is 12.8. The van der Waals surface area contributed by atoms with Crippen LogP contribution in [0.5, 0.6) is 0 Å². The van der Waals surface area contributed by atoms with Crippen LogP contribution < -0.4 is 0 Å². The molecule has 1 aromatic carbocycles. The number of carbonyl (C=O) groups is 2. The summed E-state index contributed by atoms with van der Waals surface area (Å²) in [7, 11) is 4.09. The summed E-state index contributed by atoms with van der Waals surface area (Å²) in [6.07, 6.45) is 2.25. The SMILES string of the molecule is CN(C)C1CCN(C(=O)CCN2Cc3ccccc3C2)CC1CCC(=O)O. The van der Waals surface area contributed by atoms with E-state index in [0.717, 1.165) is 32.6 Å². The number of piperidine rings is 1. The van der Waals surface area contributed by atoms with Crippen LogP contribution in [0.1, 0.15) is 36.8 Å². The van der Waals surface area contributed by atoms with Gasteiger partial charge in [-0.15, -0.1) is 0 Å². The first-order chi connectivity index (χ1) is 12.9. The highest BCUT2D eigenvalue weighted by molar-refractivity contribution is 5.76. The van der Waals surface area contributed by atoms with Crippen molar-refractivity contribution >= 4 is 11.9 Å². The van der Waals surface area contributed by atoms with Crippen LogP contribution in [0.2, 0.25) is 0 Å².